The van der Waals surface area contributed by atoms with Crippen LogP contribution in [0.5, 0.6) is 0 Å². The molecule has 2 aromatic rings. The molecule has 0 saturated carbocycles. The Kier molecular flexibility index (Phi) is 5.48. The lowest BCUT2D eigenvalue weighted by Gasteiger charge is -2.05. The first-order chi connectivity index (χ1) is 10.5. The average Bonchev–Trinajstić information content (AvgIpc) is 2.86. The number of hydrogen-bond donors (Lipinski definition) is 2. The van der Waals surface area contributed by atoms with Gasteiger partial charge < -0.3 is 15.9 Å². The fourth-order valence-electron chi connectivity index (χ4n) is 1.72. The van der Waals surface area contributed by atoms with E-state index in [1.807, 2.05) is 43.5 Å². The molecule has 3 N–H and O–H groups in total. The van der Waals surface area contributed by atoms with Crippen LogP contribution in [0.4, 0.5) is 5.69 Å². The number of aryl methyl sites for hydroxylation is 2. The molecule has 0 bridgehead atoms. The van der Waals surface area contributed by atoms with Gasteiger partial charge >= 0.3 is 0 Å². The maximum absolute atomic E-state index is 11.7. The van der Waals surface area contributed by atoms with Crippen LogP contribution in [-0.4, -0.2) is 23.3 Å². The Bertz CT molecular complexity index is 664. The van der Waals surface area contributed by atoms with Gasteiger partial charge in [0.05, 0.1) is 17.1 Å². The topological polar surface area (TPSA) is 89.6 Å². The van der Waals surface area contributed by atoms with Crippen molar-refractivity contribution in [2.45, 2.75) is 20.3 Å². The zero-order valence-corrected chi connectivity index (χ0v) is 13.3. The van der Waals surface area contributed by atoms with Crippen LogP contribution in [0.25, 0.3) is 0 Å². The molecule has 7 heteroatoms. The second-order valence-electron chi connectivity index (χ2n) is 4.80. The Morgan fingerprint density at radius 3 is 2.73 bits per heavy atom. The average molecular weight is 318 g/mol. The highest BCUT2D eigenvalue weighted by molar-refractivity contribution is 7.09. The standard InChI is InChI=1S/C15H18N4O2S/c1-10-3-5-12(6-4-10)18-15(20)8-21-19-14(16)7-13-9-22-11(2)17-13/h3-6,9H,7-8H2,1-2H3,(H2,16,19)(H,18,20). The molecule has 0 aliphatic rings. The van der Waals surface area contributed by atoms with Gasteiger partial charge in [-0.25, -0.2) is 4.98 Å². The highest BCUT2D eigenvalue weighted by Gasteiger charge is 2.04. The molecule has 6 nitrogen and oxygen atoms in total. The zero-order chi connectivity index (χ0) is 15.9. The highest BCUT2D eigenvalue weighted by atomic mass is 32.1. The third-order valence-electron chi connectivity index (χ3n) is 2.74. The molecule has 1 amide bonds. The minimum Gasteiger partial charge on any atom is -0.384 e. The number of rotatable bonds is 6. The van der Waals surface area contributed by atoms with E-state index in [0.717, 1.165) is 16.3 Å². The maximum atomic E-state index is 11.7. The number of nitrogens with two attached hydrogens (primary N) is 1. The van der Waals surface area contributed by atoms with Crippen molar-refractivity contribution in [1.29, 1.82) is 0 Å². The van der Waals surface area contributed by atoms with Crippen molar-refractivity contribution in [3.05, 3.63) is 45.9 Å². The third kappa shape index (κ3) is 5.17. The number of amides is 1. The minimum absolute atomic E-state index is 0.190. The molecule has 0 saturated heterocycles. The number of amidine groups is 1. The van der Waals surface area contributed by atoms with Crippen LogP contribution in [0.1, 0.15) is 16.3 Å². The summed E-state index contributed by atoms with van der Waals surface area (Å²) in [6.07, 6.45) is 0.407. The molecule has 2 rings (SSSR count). The Morgan fingerprint density at radius 1 is 1.36 bits per heavy atom. The van der Waals surface area contributed by atoms with Gasteiger partial charge in [0, 0.05) is 11.1 Å². The number of carbonyl (C=O) groups excluding carboxylic acids is 1. The molecule has 0 spiro atoms. The molecule has 116 valence electrons. The van der Waals surface area contributed by atoms with Crippen LogP contribution in [0, 0.1) is 13.8 Å². The Morgan fingerprint density at radius 2 is 2.09 bits per heavy atom. The molecule has 0 atom stereocenters. The van der Waals surface area contributed by atoms with Gasteiger partial charge in [0.25, 0.3) is 5.91 Å². The second kappa shape index (κ2) is 7.56. The van der Waals surface area contributed by atoms with Gasteiger partial charge in [0.15, 0.2) is 6.61 Å². The summed E-state index contributed by atoms with van der Waals surface area (Å²) in [5.74, 6) is -0.00154. The summed E-state index contributed by atoms with van der Waals surface area (Å²) in [6.45, 7) is 3.72. The summed E-state index contributed by atoms with van der Waals surface area (Å²) < 4.78 is 0. The molecule has 0 fully saturated rings. The van der Waals surface area contributed by atoms with E-state index in [-0.39, 0.29) is 18.3 Å². The minimum atomic E-state index is -0.287. The fraction of sp³-hybridized carbons (Fsp3) is 0.267. The summed E-state index contributed by atoms with van der Waals surface area (Å²) in [4.78, 5) is 20.9. The predicted molar refractivity (Wildman–Crippen MR) is 87.9 cm³/mol. The van der Waals surface area contributed by atoms with E-state index in [2.05, 4.69) is 15.5 Å². The first kappa shape index (κ1) is 16.0. The Labute approximate surface area is 133 Å². The van der Waals surface area contributed by atoms with Crippen molar-refractivity contribution < 1.29 is 9.63 Å². The van der Waals surface area contributed by atoms with Gasteiger partial charge in [-0.2, -0.15) is 0 Å². The van der Waals surface area contributed by atoms with Crippen molar-refractivity contribution in [3.63, 3.8) is 0 Å². The van der Waals surface area contributed by atoms with E-state index >= 15 is 0 Å². The van der Waals surface area contributed by atoms with Gasteiger partial charge in [-0.05, 0) is 26.0 Å². The number of nitrogens with zero attached hydrogens (tertiary/aromatic N) is 2. The van der Waals surface area contributed by atoms with Crippen molar-refractivity contribution in [2.24, 2.45) is 10.9 Å². The molecule has 0 aliphatic carbocycles. The van der Waals surface area contributed by atoms with Crippen LogP contribution < -0.4 is 11.1 Å². The number of nitrogens with one attached hydrogen (secondary N) is 1. The van der Waals surface area contributed by atoms with Gasteiger partial charge in [0.2, 0.25) is 0 Å². The van der Waals surface area contributed by atoms with E-state index in [1.54, 1.807) is 11.3 Å². The number of carbonyl (C=O) groups is 1. The normalized spacial score (nSPS) is 11.3. The third-order valence-corrected chi connectivity index (χ3v) is 3.56. The number of benzene rings is 1. The van der Waals surface area contributed by atoms with E-state index < -0.39 is 0 Å². The van der Waals surface area contributed by atoms with Crippen LogP contribution in [-0.2, 0) is 16.1 Å². The van der Waals surface area contributed by atoms with Gasteiger partial charge in [-0.3, -0.25) is 4.79 Å². The monoisotopic (exact) mass is 318 g/mol. The molecule has 1 aromatic heterocycles. The predicted octanol–water partition coefficient (Wildman–Crippen LogP) is 2.23. The summed E-state index contributed by atoms with van der Waals surface area (Å²) >= 11 is 1.55. The SMILES string of the molecule is Cc1ccc(NC(=O)CO/N=C(\N)Cc2csc(C)n2)cc1. The smallest absolute Gasteiger partial charge is 0.265 e. The molecule has 0 radical (unpaired) electrons. The van der Waals surface area contributed by atoms with E-state index in [0.29, 0.717) is 12.1 Å². The van der Waals surface area contributed by atoms with Crippen LogP contribution in [0.2, 0.25) is 0 Å². The van der Waals surface area contributed by atoms with E-state index in [4.69, 9.17) is 10.6 Å². The van der Waals surface area contributed by atoms with Gasteiger partial charge in [-0.1, -0.05) is 22.9 Å². The molecular formula is C15H18N4O2S. The number of thiazole rings is 1. The molecule has 0 unspecified atom stereocenters. The lowest BCUT2D eigenvalue weighted by atomic mass is 10.2. The second-order valence-corrected chi connectivity index (χ2v) is 5.87. The van der Waals surface area contributed by atoms with Gasteiger partial charge in [-0.15, -0.1) is 11.3 Å². The summed E-state index contributed by atoms with van der Waals surface area (Å²) in [5, 5.41) is 9.33. The zero-order valence-electron chi connectivity index (χ0n) is 12.5. The Hall–Kier alpha value is -2.41. The quantitative estimate of drug-likeness (QED) is 0.485. The number of anilines is 1. The van der Waals surface area contributed by atoms with Crippen LogP contribution in [0.3, 0.4) is 0 Å². The van der Waals surface area contributed by atoms with Crippen molar-refractivity contribution >= 4 is 28.8 Å². The van der Waals surface area contributed by atoms with Crippen molar-refractivity contribution in [1.82, 2.24) is 4.98 Å². The highest BCUT2D eigenvalue weighted by Crippen LogP contribution is 2.09. The lowest BCUT2D eigenvalue weighted by molar-refractivity contribution is -0.120. The van der Waals surface area contributed by atoms with Crippen LogP contribution >= 0.6 is 11.3 Å². The van der Waals surface area contributed by atoms with Crippen molar-refractivity contribution in [2.75, 3.05) is 11.9 Å². The maximum Gasteiger partial charge on any atom is 0.265 e. The molecule has 1 heterocycles. The lowest BCUT2D eigenvalue weighted by Crippen LogP contribution is -2.20. The first-order valence-corrected chi connectivity index (χ1v) is 7.63. The molecule has 0 aliphatic heterocycles. The summed E-state index contributed by atoms with van der Waals surface area (Å²) in [6, 6.07) is 7.50. The molecular weight excluding hydrogens is 300 g/mol. The van der Waals surface area contributed by atoms with E-state index in [1.165, 1.54) is 0 Å². The molecule has 1 aromatic carbocycles. The van der Waals surface area contributed by atoms with Crippen LogP contribution in [0.15, 0.2) is 34.8 Å². The van der Waals surface area contributed by atoms with Gasteiger partial charge in [0.1, 0.15) is 5.84 Å². The number of hydrogen-bond acceptors (Lipinski definition) is 5. The largest absolute Gasteiger partial charge is 0.384 e. The van der Waals surface area contributed by atoms with E-state index in [9.17, 15) is 4.79 Å². The van der Waals surface area contributed by atoms with Crippen molar-refractivity contribution in [3.8, 4) is 0 Å². The number of aromatic nitrogens is 1. The number of oxime groups is 1. The first-order valence-electron chi connectivity index (χ1n) is 6.75. The summed E-state index contributed by atoms with van der Waals surface area (Å²) in [7, 11) is 0. The summed E-state index contributed by atoms with van der Waals surface area (Å²) in [5.41, 5.74) is 8.42. The Balaban J connectivity index is 1.75. The molecule has 22 heavy (non-hydrogen) atoms. The fourth-order valence-corrected chi connectivity index (χ4v) is 2.33.